The molecule has 0 aliphatic rings. The average Bonchev–Trinajstić information content (AvgIpc) is 2.50. The van der Waals surface area contributed by atoms with Crippen LogP contribution in [0, 0.1) is 29.1 Å². The lowest BCUT2D eigenvalue weighted by atomic mass is 9.80. The Labute approximate surface area is 125 Å². The molecule has 1 aromatic carbocycles. The van der Waals surface area contributed by atoms with Gasteiger partial charge in [0.2, 0.25) is 0 Å². The Kier molecular flexibility index (Phi) is 4.70. The van der Waals surface area contributed by atoms with Gasteiger partial charge in [-0.1, -0.05) is 39.0 Å². The molecule has 0 fully saturated rings. The van der Waals surface area contributed by atoms with Crippen LogP contribution in [0.4, 0.5) is 0 Å². The Hall–Kier alpha value is -2.21. The van der Waals surface area contributed by atoms with Crippen LogP contribution in [0.3, 0.4) is 0 Å². The van der Waals surface area contributed by atoms with Crippen LogP contribution in [0.25, 0.3) is 10.8 Å². The van der Waals surface area contributed by atoms with E-state index in [0.717, 1.165) is 23.5 Å². The molecular weight excluding hydrogens is 260 g/mol. The van der Waals surface area contributed by atoms with Gasteiger partial charge in [0.1, 0.15) is 18.0 Å². The maximum atomic E-state index is 11.1. The Balaban J connectivity index is 2.35. The van der Waals surface area contributed by atoms with Crippen LogP contribution >= 0.6 is 0 Å². The van der Waals surface area contributed by atoms with Crippen molar-refractivity contribution in [3.05, 3.63) is 41.7 Å². The van der Waals surface area contributed by atoms with E-state index in [2.05, 4.69) is 31.0 Å². The van der Waals surface area contributed by atoms with Crippen molar-refractivity contribution < 1.29 is 4.79 Å². The molecule has 0 spiro atoms. The first-order chi connectivity index (χ1) is 10.1. The van der Waals surface area contributed by atoms with Gasteiger partial charge in [-0.05, 0) is 35.3 Å². The number of carbonyl (C=O) groups excluding carboxylic acids is 1. The number of nitrogens with zero attached hydrogens (tertiary/aromatic N) is 2. The van der Waals surface area contributed by atoms with Crippen molar-refractivity contribution in [1.82, 2.24) is 4.98 Å². The molecule has 3 nitrogen and oxygen atoms in total. The van der Waals surface area contributed by atoms with Gasteiger partial charge in [-0.15, -0.1) is 0 Å². The largest absolute Gasteiger partial charge is 0.303 e. The fourth-order valence-corrected chi connectivity index (χ4v) is 2.85. The Morgan fingerprint density at radius 1 is 1.29 bits per heavy atom. The minimum atomic E-state index is 0.0489. The van der Waals surface area contributed by atoms with E-state index in [-0.39, 0.29) is 5.92 Å². The number of aromatic nitrogens is 1. The van der Waals surface area contributed by atoms with Crippen LogP contribution in [-0.2, 0) is 11.2 Å². The number of fused-ring (bicyclic) bond motifs is 1. The van der Waals surface area contributed by atoms with E-state index in [1.807, 2.05) is 25.1 Å². The molecule has 0 aliphatic carbocycles. The van der Waals surface area contributed by atoms with Gasteiger partial charge in [0.05, 0.1) is 0 Å². The van der Waals surface area contributed by atoms with E-state index >= 15 is 0 Å². The molecule has 1 heterocycles. The zero-order valence-corrected chi connectivity index (χ0v) is 12.7. The molecule has 2 atom stereocenters. The lowest BCUT2D eigenvalue weighted by Gasteiger charge is -2.24. The van der Waals surface area contributed by atoms with Gasteiger partial charge in [-0.25, -0.2) is 4.98 Å². The van der Waals surface area contributed by atoms with Crippen molar-refractivity contribution in [2.45, 2.75) is 27.2 Å². The summed E-state index contributed by atoms with van der Waals surface area (Å²) in [6.45, 7) is 6.29. The van der Waals surface area contributed by atoms with Crippen LogP contribution < -0.4 is 0 Å². The van der Waals surface area contributed by atoms with Gasteiger partial charge in [-0.3, -0.25) is 0 Å². The number of nitriles is 1. The second-order valence-corrected chi connectivity index (χ2v) is 5.93. The first-order valence-electron chi connectivity index (χ1n) is 7.30. The summed E-state index contributed by atoms with van der Waals surface area (Å²) in [4.78, 5) is 15.2. The van der Waals surface area contributed by atoms with Crippen LogP contribution in [0.15, 0.2) is 30.5 Å². The Morgan fingerprint density at radius 2 is 2.05 bits per heavy atom. The van der Waals surface area contributed by atoms with Gasteiger partial charge >= 0.3 is 0 Å². The van der Waals surface area contributed by atoms with Gasteiger partial charge in [-0.2, -0.15) is 5.26 Å². The summed E-state index contributed by atoms with van der Waals surface area (Å²) in [5.41, 5.74) is 1.66. The monoisotopic (exact) mass is 280 g/mol. The highest BCUT2D eigenvalue weighted by Crippen LogP contribution is 2.26. The third kappa shape index (κ3) is 3.28. The SMILES string of the molecule is CC(C)C(Cc1ccc2c(C#N)nccc2c1)C(C)C=O. The van der Waals surface area contributed by atoms with Gasteiger partial charge in [0, 0.05) is 17.5 Å². The summed E-state index contributed by atoms with van der Waals surface area (Å²) < 4.78 is 0. The summed E-state index contributed by atoms with van der Waals surface area (Å²) in [6.07, 6.45) is 3.58. The van der Waals surface area contributed by atoms with Crippen molar-refractivity contribution in [3.63, 3.8) is 0 Å². The number of aldehydes is 1. The van der Waals surface area contributed by atoms with E-state index in [4.69, 9.17) is 5.26 Å². The van der Waals surface area contributed by atoms with Crippen molar-refractivity contribution in [2.75, 3.05) is 0 Å². The Bertz CT molecular complexity index is 685. The zero-order valence-electron chi connectivity index (χ0n) is 12.7. The number of carbonyl (C=O) groups is 1. The lowest BCUT2D eigenvalue weighted by molar-refractivity contribution is -0.112. The van der Waals surface area contributed by atoms with Crippen LogP contribution in [0.2, 0.25) is 0 Å². The number of benzene rings is 1. The minimum absolute atomic E-state index is 0.0489. The fourth-order valence-electron chi connectivity index (χ4n) is 2.85. The van der Waals surface area contributed by atoms with Crippen molar-refractivity contribution in [1.29, 1.82) is 5.26 Å². The highest BCUT2D eigenvalue weighted by molar-refractivity contribution is 5.86. The van der Waals surface area contributed by atoms with Gasteiger partial charge in [0.15, 0.2) is 0 Å². The average molecular weight is 280 g/mol. The molecule has 0 saturated carbocycles. The second kappa shape index (κ2) is 6.49. The first-order valence-corrected chi connectivity index (χ1v) is 7.30. The standard InChI is InChI=1S/C18H20N2O/c1-12(2)17(13(3)11-21)9-14-4-5-16-15(8-14)6-7-20-18(16)10-19/h4-8,11-13,17H,9H2,1-3H3. The van der Waals surface area contributed by atoms with Crippen LogP contribution in [-0.4, -0.2) is 11.3 Å². The molecule has 0 amide bonds. The molecule has 2 unspecified atom stereocenters. The fraction of sp³-hybridized carbons (Fsp3) is 0.389. The summed E-state index contributed by atoms with van der Waals surface area (Å²) in [5.74, 6) is 0.832. The van der Waals surface area contributed by atoms with E-state index in [9.17, 15) is 4.79 Å². The van der Waals surface area contributed by atoms with Crippen LogP contribution in [0.1, 0.15) is 32.0 Å². The molecule has 0 N–H and O–H groups in total. The third-order valence-electron chi connectivity index (χ3n) is 4.15. The van der Waals surface area contributed by atoms with Gasteiger partial charge in [0.25, 0.3) is 0 Å². The molecule has 1 aromatic heterocycles. The molecule has 3 heteroatoms. The van der Waals surface area contributed by atoms with E-state index < -0.39 is 0 Å². The molecule has 0 radical (unpaired) electrons. The smallest absolute Gasteiger partial charge is 0.148 e. The normalized spacial score (nSPS) is 13.9. The maximum Gasteiger partial charge on any atom is 0.148 e. The highest BCUT2D eigenvalue weighted by atomic mass is 16.1. The molecular formula is C18H20N2O. The molecule has 108 valence electrons. The maximum absolute atomic E-state index is 11.1. The third-order valence-corrected chi connectivity index (χ3v) is 4.15. The highest BCUT2D eigenvalue weighted by Gasteiger charge is 2.21. The van der Waals surface area contributed by atoms with E-state index in [1.54, 1.807) is 6.20 Å². The summed E-state index contributed by atoms with van der Waals surface area (Å²) in [6, 6.07) is 10.1. The number of hydrogen-bond donors (Lipinski definition) is 0. The van der Waals surface area contributed by atoms with E-state index in [0.29, 0.717) is 17.5 Å². The lowest BCUT2D eigenvalue weighted by Crippen LogP contribution is -2.21. The predicted octanol–water partition coefficient (Wildman–Crippen LogP) is 3.76. The minimum Gasteiger partial charge on any atom is -0.303 e. The second-order valence-electron chi connectivity index (χ2n) is 5.93. The topological polar surface area (TPSA) is 53.8 Å². The van der Waals surface area contributed by atoms with E-state index in [1.165, 1.54) is 5.56 Å². The number of pyridine rings is 1. The van der Waals surface area contributed by atoms with Crippen molar-refractivity contribution in [2.24, 2.45) is 17.8 Å². The quantitative estimate of drug-likeness (QED) is 0.784. The molecule has 21 heavy (non-hydrogen) atoms. The number of rotatable bonds is 5. The number of hydrogen-bond acceptors (Lipinski definition) is 3. The molecule has 0 aliphatic heterocycles. The van der Waals surface area contributed by atoms with Crippen molar-refractivity contribution in [3.8, 4) is 6.07 Å². The predicted molar refractivity (Wildman–Crippen MR) is 83.7 cm³/mol. The molecule has 0 bridgehead atoms. The summed E-state index contributed by atoms with van der Waals surface area (Å²) in [5, 5.41) is 11.0. The molecule has 2 aromatic rings. The Morgan fingerprint density at radius 3 is 2.67 bits per heavy atom. The summed E-state index contributed by atoms with van der Waals surface area (Å²) in [7, 11) is 0. The first kappa shape index (κ1) is 15.2. The zero-order chi connectivity index (χ0) is 15.4. The van der Waals surface area contributed by atoms with Gasteiger partial charge < -0.3 is 4.79 Å². The molecule has 0 saturated heterocycles. The van der Waals surface area contributed by atoms with Crippen molar-refractivity contribution >= 4 is 17.1 Å². The summed E-state index contributed by atoms with van der Waals surface area (Å²) >= 11 is 0. The van der Waals surface area contributed by atoms with Crippen LogP contribution in [0.5, 0.6) is 0 Å². The molecule has 2 rings (SSSR count).